The molecule has 7 nitrogen and oxygen atoms in total. The SMILES string of the molecule is CCOc1cc(/C(O)=C2\C(=O)C(=O)N(c3nc4ccc(OC)cc4s3)C2c2cccc(C)c2)ccc1Cl. The highest BCUT2D eigenvalue weighted by Crippen LogP contribution is 2.45. The van der Waals surface area contributed by atoms with Crippen LogP contribution in [0, 0.1) is 6.92 Å². The molecule has 9 heteroatoms. The summed E-state index contributed by atoms with van der Waals surface area (Å²) in [6.07, 6.45) is 0. The molecule has 0 spiro atoms. The number of anilines is 1. The number of ether oxygens (including phenoxy) is 2. The number of nitrogens with zero attached hydrogens (tertiary/aromatic N) is 2. The van der Waals surface area contributed by atoms with E-state index in [0.717, 1.165) is 10.3 Å². The zero-order chi connectivity index (χ0) is 26.3. The molecule has 1 unspecified atom stereocenters. The van der Waals surface area contributed by atoms with Gasteiger partial charge in [-0.25, -0.2) is 4.98 Å². The summed E-state index contributed by atoms with van der Waals surface area (Å²) < 4.78 is 11.7. The minimum Gasteiger partial charge on any atom is -0.507 e. The third kappa shape index (κ3) is 4.43. The van der Waals surface area contributed by atoms with Crippen molar-refractivity contribution < 1.29 is 24.2 Å². The van der Waals surface area contributed by atoms with Crippen LogP contribution in [0.2, 0.25) is 5.02 Å². The number of rotatable bonds is 6. The van der Waals surface area contributed by atoms with E-state index >= 15 is 0 Å². The van der Waals surface area contributed by atoms with Gasteiger partial charge in [-0.15, -0.1) is 0 Å². The molecule has 37 heavy (non-hydrogen) atoms. The molecule has 1 saturated heterocycles. The van der Waals surface area contributed by atoms with Crippen molar-refractivity contribution in [3.8, 4) is 11.5 Å². The summed E-state index contributed by atoms with van der Waals surface area (Å²) in [5, 5.41) is 12.1. The van der Waals surface area contributed by atoms with Gasteiger partial charge in [-0.2, -0.15) is 0 Å². The molecule has 1 N–H and O–H groups in total. The third-order valence-electron chi connectivity index (χ3n) is 6.10. The van der Waals surface area contributed by atoms with Gasteiger partial charge in [0.1, 0.15) is 17.3 Å². The predicted molar refractivity (Wildman–Crippen MR) is 145 cm³/mol. The lowest BCUT2D eigenvalue weighted by atomic mass is 9.94. The van der Waals surface area contributed by atoms with Gasteiger partial charge in [0.05, 0.1) is 40.6 Å². The number of fused-ring (bicyclic) bond motifs is 1. The molecule has 1 amide bonds. The third-order valence-corrected chi connectivity index (χ3v) is 7.43. The van der Waals surface area contributed by atoms with Crippen molar-refractivity contribution in [1.82, 2.24) is 4.98 Å². The normalized spacial score (nSPS) is 17.0. The van der Waals surface area contributed by atoms with E-state index in [-0.39, 0.29) is 11.3 Å². The fourth-order valence-electron chi connectivity index (χ4n) is 4.38. The molecule has 1 atom stereocenters. The van der Waals surface area contributed by atoms with Crippen LogP contribution >= 0.6 is 22.9 Å². The van der Waals surface area contributed by atoms with Gasteiger partial charge in [0.2, 0.25) is 0 Å². The number of Topliss-reactive ketones (excluding diaryl/α,β-unsaturated/α-hetero) is 1. The molecular formula is C28H23ClN2O5S. The van der Waals surface area contributed by atoms with Crippen molar-refractivity contribution in [3.63, 3.8) is 0 Å². The minimum absolute atomic E-state index is 0.0304. The van der Waals surface area contributed by atoms with Gasteiger partial charge in [-0.05, 0) is 55.8 Å². The van der Waals surface area contributed by atoms with E-state index in [1.165, 1.54) is 16.2 Å². The Bertz CT molecular complexity index is 1580. The van der Waals surface area contributed by atoms with Crippen LogP contribution in [0.1, 0.15) is 29.7 Å². The van der Waals surface area contributed by atoms with E-state index in [4.69, 9.17) is 21.1 Å². The lowest BCUT2D eigenvalue weighted by molar-refractivity contribution is -0.132. The Morgan fingerprint density at radius 3 is 2.68 bits per heavy atom. The van der Waals surface area contributed by atoms with Crippen molar-refractivity contribution in [1.29, 1.82) is 0 Å². The number of carbonyl (C=O) groups is 2. The number of amides is 1. The Labute approximate surface area is 222 Å². The summed E-state index contributed by atoms with van der Waals surface area (Å²) in [6.45, 7) is 4.12. The largest absolute Gasteiger partial charge is 0.507 e. The van der Waals surface area contributed by atoms with E-state index in [1.807, 2.05) is 44.2 Å². The molecular weight excluding hydrogens is 512 g/mol. The lowest BCUT2D eigenvalue weighted by Crippen LogP contribution is -2.29. The van der Waals surface area contributed by atoms with Gasteiger partial charge < -0.3 is 14.6 Å². The van der Waals surface area contributed by atoms with Gasteiger partial charge in [-0.1, -0.05) is 52.8 Å². The first-order valence-corrected chi connectivity index (χ1v) is 12.8. The monoisotopic (exact) mass is 534 g/mol. The van der Waals surface area contributed by atoms with Crippen molar-refractivity contribution >= 4 is 55.7 Å². The van der Waals surface area contributed by atoms with Crippen LogP contribution in [0.3, 0.4) is 0 Å². The van der Waals surface area contributed by atoms with Crippen LogP contribution < -0.4 is 14.4 Å². The smallest absolute Gasteiger partial charge is 0.301 e. The number of aliphatic hydroxyl groups excluding tert-OH is 1. The number of aryl methyl sites for hydroxylation is 1. The first-order chi connectivity index (χ1) is 17.8. The fourth-order valence-corrected chi connectivity index (χ4v) is 5.57. The molecule has 2 heterocycles. The van der Waals surface area contributed by atoms with Crippen LogP contribution in [0.15, 0.2) is 66.2 Å². The van der Waals surface area contributed by atoms with Gasteiger partial charge in [0.25, 0.3) is 5.78 Å². The molecule has 1 aliphatic heterocycles. The molecule has 1 aromatic heterocycles. The maximum Gasteiger partial charge on any atom is 0.301 e. The average Bonchev–Trinajstić information content (AvgIpc) is 3.42. The van der Waals surface area contributed by atoms with E-state index < -0.39 is 17.7 Å². The van der Waals surface area contributed by atoms with E-state index in [2.05, 4.69) is 4.98 Å². The van der Waals surface area contributed by atoms with Crippen LogP contribution in [-0.4, -0.2) is 35.5 Å². The Morgan fingerprint density at radius 1 is 1.14 bits per heavy atom. The summed E-state index contributed by atoms with van der Waals surface area (Å²) in [5.74, 6) is -0.845. The molecule has 1 fully saturated rings. The van der Waals surface area contributed by atoms with Gasteiger partial charge in [-0.3, -0.25) is 14.5 Å². The summed E-state index contributed by atoms with van der Waals surface area (Å²) in [4.78, 5) is 32.9. The number of halogens is 1. The van der Waals surface area contributed by atoms with E-state index in [9.17, 15) is 14.7 Å². The Kier molecular flexibility index (Phi) is 6.62. The molecule has 3 aromatic carbocycles. The number of carbonyl (C=O) groups excluding carboxylic acids is 2. The number of benzene rings is 3. The van der Waals surface area contributed by atoms with Crippen molar-refractivity contribution in [2.24, 2.45) is 0 Å². The second-order valence-corrected chi connectivity index (χ2v) is 9.91. The quantitative estimate of drug-likeness (QED) is 0.178. The molecule has 4 aromatic rings. The zero-order valence-electron chi connectivity index (χ0n) is 20.3. The molecule has 0 saturated carbocycles. The number of hydrogen-bond donors (Lipinski definition) is 1. The van der Waals surface area contributed by atoms with Crippen molar-refractivity contribution in [2.75, 3.05) is 18.6 Å². The molecule has 0 aliphatic carbocycles. The Hall–Kier alpha value is -3.88. The fraction of sp³-hybridized carbons (Fsp3) is 0.179. The first kappa shape index (κ1) is 24.8. The summed E-state index contributed by atoms with van der Waals surface area (Å²) >= 11 is 7.50. The van der Waals surface area contributed by atoms with Crippen LogP contribution in [-0.2, 0) is 9.59 Å². The average molecular weight is 535 g/mol. The van der Waals surface area contributed by atoms with Gasteiger partial charge in [0.15, 0.2) is 5.13 Å². The summed E-state index contributed by atoms with van der Waals surface area (Å²) in [5.41, 5.74) is 2.58. The van der Waals surface area contributed by atoms with Crippen LogP contribution in [0.25, 0.3) is 16.0 Å². The van der Waals surface area contributed by atoms with Crippen LogP contribution in [0.5, 0.6) is 11.5 Å². The zero-order valence-corrected chi connectivity index (χ0v) is 21.9. The van der Waals surface area contributed by atoms with E-state index in [0.29, 0.717) is 44.9 Å². The molecule has 0 radical (unpaired) electrons. The highest BCUT2D eigenvalue weighted by atomic mass is 35.5. The Morgan fingerprint density at radius 2 is 1.95 bits per heavy atom. The van der Waals surface area contributed by atoms with Crippen molar-refractivity contribution in [2.45, 2.75) is 19.9 Å². The number of thiazole rings is 1. The molecule has 188 valence electrons. The summed E-state index contributed by atoms with van der Waals surface area (Å²) in [7, 11) is 1.58. The second kappa shape index (κ2) is 9.88. The number of methoxy groups -OCH3 is 1. The maximum absolute atomic E-state index is 13.5. The number of aliphatic hydroxyl groups is 1. The Balaban J connectivity index is 1.71. The highest BCUT2D eigenvalue weighted by molar-refractivity contribution is 7.22. The standard InChI is InChI=1S/C28H23ClN2O5S/c1-4-36-21-13-17(8-10-19(21)29)25(32)23-24(16-7-5-6-15(2)12-16)31(27(34)26(23)33)28-30-20-11-9-18(35-3)14-22(20)37-28/h5-14,24,32H,4H2,1-3H3/b25-23+. The molecule has 1 aliphatic rings. The first-order valence-electron chi connectivity index (χ1n) is 11.6. The minimum atomic E-state index is -0.881. The van der Waals surface area contributed by atoms with E-state index in [1.54, 1.807) is 37.4 Å². The predicted octanol–water partition coefficient (Wildman–Crippen LogP) is 6.29. The number of aromatic nitrogens is 1. The number of ketones is 1. The lowest BCUT2D eigenvalue weighted by Gasteiger charge is -2.23. The summed E-state index contributed by atoms with van der Waals surface area (Å²) in [6, 6.07) is 16.8. The number of hydrogen-bond acceptors (Lipinski definition) is 7. The molecule has 5 rings (SSSR count). The maximum atomic E-state index is 13.5. The van der Waals surface area contributed by atoms with Gasteiger partial charge in [0, 0.05) is 5.56 Å². The molecule has 0 bridgehead atoms. The highest BCUT2D eigenvalue weighted by Gasteiger charge is 2.48. The van der Waals surface area contributed by atoms with Gasteiger partial charge >= 0.3 is 5.91 Å². The topological polar surface area (TPSA) is 89.0 Å². The van der Waals surface area contributed by atoms with Crippen LogP contribution in [0.4, 0.5) is 5.13 Å². The van der Waals surface area contributed by atoms with Crippen molar-refractivity contribution in [3.05, 3.63) is 87.9 Å². The second-order valence-electron chi connectivity index (χ2n) is 8.49.